The number of rotatable bonds is 6. The molecule has 1 unspecified atom stereocenters. The topological polar surface area (TPSA) is 38.7 Å². The zero-order valence-corrected chi connectivity index (χ0v) is 15.2. The zero-order valence-electron chi connectivity index (χ0n) is 15.2. The predicted octanol–water partition coefficient (Wildman–Crippen LogP) is 4.06. The van der Waals surface area contributed by atoms with Crippen molar-refractivity contribution in [3.63, 3.8) is 0 Å². The summed E-state index contributed by atoms with van der Waals surface area (Å²) in [6, 6.07) is 6.31. The average Bonchev–Trinajstić information content (AvgIpc) is 2.40. The van der Waals surface area contributed by atoms with Gasteiger partial charge in [0.15, 0.2) is 0 Å². The zero-order chi connectivity index (χ0) is 17.0. The van der Waals surface area contributed by atoms with Gasteiger partial charge in [-0.25, -0.2) is 0 Å². The van der Waals surface area contributed by atoms with Gasteiger partial charge in [0.25, 0.3) is 0 Å². The second-order valence-corrected chi connectivity index (χ2v) is 7.81. The van der Waals surface area contributed by atoms with Gasteiger partial charge in [0, 0.05) is 6.61 Å². The average molecular weight is 308 g/mol. The highest BCUT2D eigenvalue weighted by atomic mass is 16.5. The molecule has 0 saturated heterocycles. The second kappa shape index (κ2) is 7.47. The van der Waals surface area contributed by atoms with Crippen molar-refractivity contribution < 1.29 is 14.6 Å². The number of hydrogen-bond donors (Lipinski definition) is 1. The van der Waals surface area contributed by atoms with Crippen molar-refractivity contribution in [2.75, 3.05) is 19.8 Å². The van der Waals surface area contributed by atoms with Crippen LogP contribution >= 0.6 is 0 Å². The maximum absolute atomic E-state index is 9.98. The molecule has 0 aromatic heterocycles. The second-order valence-electron chi connectivity index (χ2n) is 7.81. The molecule has 0 aliphatic heterocycles. The van der Waals surface area contributed by atoms with Gasteiger partial charge in [-0.05, 0) is 28.9 Å². The number of benzene rings is 1. The molecule has 0 amide bonds. The van der Waals surface area contributed by atoms with Crippen molar-refractivity contribution in [2.24, 2.45) is 0 Å². The summed E-state index contributed by atoms with van der Waals surface area (Å²) in [4.78, 5) is 0. The maximum atomic E-state index is 9.98. The van der Waals surface area contributed by atoms with E-state index in [2.05, 4.69) is 59.7 Å². The number of hydrogen-bond acceptors (Lipinski definition) is 3. The molecule has 3 heteroatoms. The van der Waals surface area contributed by atoms with Crippen LogP contribution in [-0.4, -0.2) is 31.0 Å². The van der Waals surface area contributed by atoms with E-state index in [-0.39, 0.29) is 17.4 Å². The van der Waals surface area contributed by atoms with Crippen molar-refractivity contribution >= 4 is 0 Å². The Morgan fingerprint density at radius 3 is 1.86 bits per heavy atom. The molecule has 0 heterocycles. The predicted molar refractivity (Wildman–Crippen MR) is 91.8 cm³/mol. The van der Waals surface area contributed by atoms with Crippen LogP contribution in [0.15, 0.2) is 18.2 Å². The summed E-state index contributed by atoms with van der Waals surface area (Å²) in [6.45, 7) is 16.1. The Morgan fingerprint density at radius 2 is 1.45 bits per heavy atom. The first kappa shape index (κ1) is 19.0. The monoisotopic (exact) mass is 308 g/mol. The molecule has 1 atom stereocenters. The fourth-order valence-electron chi connectivity index (χ4n) is 2.36. The van der Waals surface area contributed by atoms with E-state index >= 15 is 0 Å². The van der Waals surface area contributed by atoms with E-state index in [4.69, 9.17) is 9.47 Å². The molecule has 0 spiro atoms. The lowest BCUT2D eigenvalue weighted by Crippen LogP contribution is -2.26. The van der Waals surface area contributed by atoms with Crippen LogP contribution in [0.2, 0.25) is 0 Å². The summed E-state index contributed by atoms with van der Waals surface area (Å²) < 4.78 is 11.3. The number of para-hydroxylation sites is 1. The van der Waals surface area contributed by atoms with Gasteiger partial charge in [0.2, 0.25) is 0 Å². The molecule has 1 rings (SSSR count). The van der Waals surface area contributed by atoms with Gasteiger partial charge < -0.3 is 14.6 Å². The molecule has 3 nitrogen and oxygen atoms in total. The Bertz CT molecular complexity index is 434. The first-order valence-electron chi connectivity index (χ1n) is 8.10. The van der Waals surface area contributed by atoms with Crippen LogP contribution < -0.4 is 4.74 Å². The summed E-state index contributed by atoms with van der Waals surface area (Å²) >= 11 is 0. The van der Waals surface area contributed by atoms with Crippen molar-refractivity contribution in [2.45, 2.75) is 65.4 Å². The highest BCUT2D eigenvalue weighted by molar-refractivity contribution is 5.48. The largest absolute Gasteiger partial charge is 0.490 e. The highest BCUT2D eigenvalue weighted by Gasteiger charge is 2.26. The minimum absolute atomic E-state index is 0.0124. The molecule has 22 heavy (non-hydrogen) atoms. The van der Waals surface area contributed by atoms with Crippen molar-refractivity contribution in [1.82, 2.24) is 0 Å². The van der Waals surface area contributed by atoms with E-state index in [1.165, 1.54) is 11.1 Å². The third-order valence-electron chi connectivity index (χ3n) is 3.57. The maximum Gasteiger partial charge on any atom is 0.126 e. The number of aliphatic hydroxyl groups excluding tert-OH is 1. The summed E-state index contributed by atoms with van der Waals surface area (Å²) in [5.41, 5.74) is 2.32. The van der Waals surface area contributed by atoms with E-state index in [1.807, 2.05) is 6.92 Å². The van der Waals surface area contributed by atoms with Crippen LogP contribution in [0.5, 0.6) is 5.75 Å². The third-order valence-corrected chi connectivity index (χ3v) is 3.57. The Kier molecular flexibility index (Phi) is 6.45. The van der Waals surface area contributed by atoms with Crippen LogP contribution in [0.3, 0.4) is 0 Å². The highest BCUT2D eigenvalue weighted by Crippen LogP contribution is 2.39. The van der Waals surface area contributed by atoms with Gasteiger partial charge in [-0.15, -0.1) is 0 Å². The van der Waals surface area contributed by atoms with Crippen LogP contribution in [0, 0.1) is 0 Å². The van der Waals surface area contributed by atoms with E-state index in [9.17, 15) is 5.11 Å². The summed E-state index contributed by atoms with van der Waals surface area (Å²) in [5.74, 6) is 0.901. The first-order valence-corrected chi connectivity index (χ1v) is 8.10. The van der Waals surface area contributed by atoms with Gasteiger partial charge in [-0.1, -0.05) is 59.7 Å². The molecule has 0 bridgehead atoms. The number of aliphatic hydroxyl groups is 1. The molecule has 1 N–H and O–H groups in total. The Balaban J connectivity index is 3.08. The lowest BCUT2D eigenvalue weighted by atomic mass is 9.79. The minimum Gasteiger partial charge on any atom is -0.490 e. The smallest absolute Gasteiger partial charge is 0.126 e. The molecule has 0 fully saturated rings. The fourth-order valence-corrected chi connectivity index (χ4v) is 2.36. The minimum atomic E-state index is -0.610. The van der Waals surface area contributed by atoms with E-state index in [0.717, 1.165) is 5.75 Å². The lowest BCUT2D eigenvalue weighted by Gasteiger charge is -2.30. The van der Waals surface area contributed by atoms with Crippen LogP contribution in [-0.2, 0) is 15.6 Å². The van der Waals surface area contributed by atoms with E-state index in [0.29, 0.717) is 13.2 Å². The van der Waals surface area contributed by atoms with Crippen LogP contribution in [0.1, 0.15) is 59.6 Å². The van der Waals surface area contributed by atoms with Gasteiger partial charge in [0.05, 0.1) is 6.61 Å². The molecule has 0 radical (unpaired) electrons. The molecule has 1 aromatic carbocycles. The van der Waals surface area contributed by atoms with Crippen molar-refractivity contribution in [3.05, 3.63) is 29.3 Å². The molecule has 0 aliphatic rings. The molecule has 0 aliphatic carbocycles. The lowest BCUT2D eigenvalue weighted by molar-refractivity contribution is 0.0157. The first-order chi connectivity index (χ1) is 10.1. The fraction of sp³-hybridized carbons (Fsp3) is 0.684. The summed E-state index contributed by atoms with van der Waals surface area (Å²) in [6.07, 6.45) is -0.610. The molecule has 126 valence electrons. The molecule has 0 saturated carbocycles. The van der Waals surface area contributed by atoms with Crippen LogP contribution in [0.25, 0.3) is 0 Å². The van der Waals surface area contributed by atoms with Gasteiger partial charge in [0.1, 0.15) is 18.5 Å². The van der Waals surface area contributed by atoms with Crippen molar-refractivity contribution in [3.8, 4) is 5.75 Å². The SMILES string of the molecule is CCOCC(O)COc1c(C(C)(C)C)cccc1C(C)(C)C. The normalized spacial score (nSPS) is 14.0. The molecular formula is C19H32O3. The van der Waals surface area contributed by atoms with Crippen molar-refractivity contribution in [1.29, 1.82) is 0 Å². The Morgan fingerprint density at radius 1 is 0.955 bits per heavy atom. The van der Waals surface area contributed by atoms with Gasteiger partial charge >= 0.3 is 0 Å². The van der Waals surface area contributed by atoms with E-state index in [1.54, 1.807) is 0 Å². The third kappa shape index (κ3) is 5.29. The van der Waals surface area contributed by atoms with Crippen LogP contribution in [0.4, 0.5) is 0 Å². The molecular weight excluding hydrogens is 276 g/mol. The summed E-state index contributed by atoms with van der Waals surface area (Å²) in [7, 11) is 0. The molecule has 1 aromatic rings. The Labute approximate surface area is 135 Å². The quantitative estimate of drug-likeness (QED) is 0.861. The standard InChI is InChI=1S/C19H32O3/c1-8-21-12-14(20)13-22-17-15(18(2,3)4)10-9-11-16(17)19(5,6)7/h9-11,14,20H,8,12-13H2,1-7H3. The van der Waals surface area contributed by atoms with Gasteiger partial charge in [-0.2, -0.15) is 0 Å². The van der Waals surface area contributed by atoms with Gasteiger partial charge in [-0.3, -0.25) is 0 Å². The van der Waals surface area contributed by atoms with E-state index < -0.39 is 6.10 Å². The Hall–Kier alpha value is -1.06. The summed E-state index contributed by atoms with van der Waals surface area (Å²) in [5, 5.41) is 9.98. The number of ether oxygens (including phenoxy) is 2.